The van der Waals surface area contributed by atoms with Crippen LogP contribution < -0.4 is 4.74 Å². The molecule has 1 fully saturated rings. The van der Waals surface area contributed by atoms with Gasteiger partial charge in [-0.05, 0) is 23.6 Å². The van der Waals surface area contributed by atoms with Gasteiger partial charge in [0.25, 0.3) is 0 Å². The first-order valence-corrected chi connectivity index (χ1v) is 8.89. The fraction of sp³-hybridized carbons (Fsp3) is 0.389. The monoisotopic (exact) mass is 330 g/mol. The second kappa shape index (κ2) is 8.13. The highest BCUT2D eigenvalue weighted by molar-refractivity contribution is 7.09. The standard InChI is InChI=1S/C18H22N2O2S/c21-18-8-9-19(15-17-7-4-14-23-17)10-11-20(18)12-13-22-16-5-2-1-3-6-16/h1-7,14H,8-13,15H2. The molecule has 1 aliphatic heterocycles. The van der Waals surface area contributed by atoms with Gasteiger partial charge in [-0.25, -0.2) is 0 Å². The Morgan fingerprint density at radius 1 is 1.04 bits per heavy atom. The number of nitrogens with zero attached hydrogens (tertiary/aromatic N) is 2. The summed E-state index contributed by atoms with van der Waals surface area (Å²) in [4.78, 5) is 17.9. The number of rotatable bonds is 6. The predicted molar refractivity (Wildman–Crippen MR) is 92.7 cm³/mol. The van der Waals surface area contributed by atoms with Crippen molar-refractivity contribution in [2.45, 2.75) is 13.0 Å². The molecule has 1 aromatic heterocycles. The van der Waals surface area contributed by atoms with Crippen molar-refractivity contribution < 1.29 is 9.53 Å². The summed E-state index contributed by atoms with van der Waals surface area (Å²) in [6, 6.07) is 14.0. The van der Waals surface area contributed by atoms with E-state index >= 15 is 0 Å². The Bertz CT molecular complexity index is 601. The maximum atomic E-state index is 12.3. The number of ether oxygens (including phenoxy) is 1. The molecule has 0 saturated carbocycles. The summed E-state index contributed by atoms with van der Waals surface area (Å²) in [5.41, 5.74) is 0. The lowest BCUT2D eigenvalue weighted by Crippen LogP contribution is -2.36. The van der Waals surface area contributed by atoms with Crippen LogP contribution in [0.25, 0.3) is 0 Å². The Balaban J connectivity index is 1.46. The molecule has 5 heteroatoms. The number of benzene rings is 1. The highest BCUT2D eigenvalue weighted by Gasteiger charge is 2.20. The summed E-state index contributed by atoms with van der Waals surface area (Å²) in [5.74, 6) is 1.09. The summed E-state index contributed by atoms with van der Waals surface area (Å²) in [6.07, 6.45) is 0.594. The molecule has 0 spiro atoms. The number of hydrogen-bond acceptors (Lipinski definition) is 4. The maximum Gasteiger partial charge on any atom is 0.224 e. The largest absolute Gasteiger partial charge is 0.492 e. The number of thiophene rings is 1. The highest BCUT2D eigenvalue weighted by Crippen LogP contribution is 2.14. The quantitative estimate of drug-likeness (QED) is 0.816. The number of carbonyl (C=O) groups is 1. The van der Waals surface area contributed by atoms with Crippen LogP contribution in [0.5, 0.6) is 5.75 Å². The van der Waals surface area contributed by atoms with Crippen LogP contribution >= 0.6 is 11.3 Å². The molecular weight excluding hydrogens is 308 g/mol. The minimum absolute atomic E-state index is 0.232. The van der Waals surface area contributed by atoms with Gasteiger partial charge in [0.15, 0.2) is 0 Å². The minimum Gasteiger partial charge on any atom is -0.492 e. The lowest BCUT2D eigenvalue weighted by atomic mass is 10.3. The second-order valence-electron chi connectivity index (χ2n) is 5.65. The zero-order valence-corrected chi connectivity index (χ0v) is 14.0. The molecule has 2 heterocycles. The normalized spacial score (nSPS) is 16.3. The lowest BCUT2D eigenvalue weighted by Gasteiger charge is -2.22. The Kier molecular flexibility index (Phi) is 5.66. The molecule has 23 heavy (non-hydrogen) atoms. The molecule has 2 aromatic rings. The van der Waals surface area contributed by atoms with Crippen LogP contribution in [0.4, 0.5) is 0 Å². The summed E-state index contributed by atoms with van der Waals surface area (Å²) in [5, 5.41) is 2.10. The molecule has 3 rings (SSSR count). The third kappa shape index (κ3) is 4.81. The number of hydrogen-bond donors (Lipinski definition) is 0. The van der Waals surface area contributed by atoms with Gasteiger partial charge in [-0.15, -0.1) is 11.3 Å². The van der Waals surface area contributed by atoms with Crippen LogP contribution in [0.1, 0.15) is 11.3 Å². The molecule has 1 saturated heterocycles. The molecule has 122 valence electrons. The maximum absolute atomic E-state index is 12.3. The average Bonchev–Trinajstić information content (AvgIpc) is 3.02. The highest BCUT2D eigenvalue weighted by atomic mass is 32.1. The van der Waals surface area contributed by atoms with Crippen molar-refractivity contribution in [1.82, 2.24) is 9.80 Å². The fourth-order valence-electron chi connectivity index (χ4n) is 2.72. The molecule has 0 unspecified atom stereocenters. The first-order chi connectivity index (χ1) is 11.3. The van der Waals surface area contributed by atoms with Crippen LogP contribution in [0, 0.1) is 0 Å². The fourth-order valence-corrected chi connectivity index (χ4v) is 3.46. The van der Waals surface area contributed by atoms with Crippen LogP contribution in [-0.4, -0.2) is 48.5 Å². The van der Waals surface area contributed by atoms with Crippen LogP contribution in [0.15, 0.2) is 47.8 Å². The third-order valence-electron chi connectivity index (χ3n) is 4.01. The predicted octanol–water partition coefficient (Wildman–Crippen LogP) is 2.86. The first-order valence-electron chi connectivity index (χ1n) is 8.01. The van der Waals surface area contributed by atoms with Crippen molar-refractivity contribution in [3.8, 4) is 5.75 Å². The first kappa shape index (κ1) is 16.0. The van der Waals surface area contributed by atoms with Crippen molar-refractivity contribution in [2.24, 2.45) is 0 Å². The molecule has 0 radical (unpaired) electrons. The second-order valence-corrected chi connectivity index (χ2v) is 6.68. The average molecular weight is 330 g/mol. The van der Waals surface area contributed by atoms with E-state index in [0.29, 0.717) is 19.6 Å². The van der Waals surface area contributed by atoms with E-state index in [1.165, 1.54) is 4.88 Å². The number of amides is 1. The SMILES string of the molecule is O=C1CCN(Cc2cccs2)CCN1CCOc1ccccc1. The summed E-state index contributed by atoms with van der Waals surface area (Å²) < 4.78 is 5.70. The Labute approximate surface area is 141 Å². The zero-order valence-electron chi connectivity index (χ0n) is 13.2. The molecule has 0 atom stereocenters. The molecule has 0 aliphatic carbocycles. The van der Waals surface area contributed by atoms with Crippen molar-refractivity contribution in [2.75, 3.05) is 32.8 Å². The van der Waals surface area contributed by atoms with Crippen molar-refractivity contribution in [1.29, 1.82) is 0 Å². The summed E-state index contributed by atoms with van der Waals surface area (Å²) >= 11 is 1.78. The van der Waals surface area contributed by atoms with Crippen molar-refractivity contribution >= 4 is 17.2 Å². The van der Waals surface area contributed by atoms with E-state index < -0.39 is 0 Å². The van der Waals surface area contributed by atoms with Crippen LogP contribution in [-0.2, 0) is 11.3 Å². The Morgan fingerprint density at radius 2 is 1.91 bits per heavy atom. The number of carbonyl (C=O) groups excluding carboxylic acids is 1. The van der Waals surface area contributed by atoms with E-state index in [4.69, 9.17) is 4.74 Å². The molecule has 0 bridgehead atoms. The number of para-hydroxylation sites is 1. The van der Waals surface area contributed by atoms with Crippen molar-refractivity contribution in [3.05, 3.63) is 52.7 Å². The summed E-state index contributed by atoms with van der Waals surface area (Å²) in [6.45, 7) is 4.69. The third-order valence-corrected chi connectivity index (χ3v) is 4.87. The van der Waals surface area contributed by atoms with Gasteiger partial charge in [-0.1, -0.05) is 24.3 Å². The van der Waals surface area contributed by atoms with E-state index in [-0.39, 0.29) is 5.91 Å². The summed E-state index contributed by atoms with van der Waals surface area (Å²) in [7, 11) is 0. The van der Waals surface area contributed by atoms with Crippen molar-refractivity contribution in [3.63, 3.8) is 0 Å². The van der Waals surface area contributed by atoms with Gasteiger partial charge in [0, 0.05) is 37.5 Å². The smallest absolute Gasteiger partial charge is 0.224 e. The van der Waals surface area contributed by atoms with E-state index in [1.807, 2.05) is 35.2 Å². The minimum atomic E-state index is 0.232. The topological polar surface area (TPSA) is 32.8 Å². The van der Waals surface area contributed by atoms with E-state index in [0.717, 1.165) is 31.9 Å². The van der Waals surface area contributed by atoms with Gasteiger partial charge in [-0.2, -0.15) is 0 Å². The molecule has 0 N–H and O–H groups in total. The van der Waals surface area contributed by atoms with E-state index in [1.54, 1.807) is 11.3 Å². The molecular formula is C18H22N2O2S. The molecule has 1 aliphatic rings. The van der Waals surface area contributed by atoms with E-state index in [2.05, 4.69) is 22.4 Å². The van der Waals surface area contributed by atoms with Gasteiger partial charge in [0.2, 0.25) is 5.91 Å². The van der Waals surface area contributed by atoms with Crippen LogP contribution in [0.2, 0.25) is 0 Å². The molecule has 1 aromatic carbocycles. The molecule has 1 amide bonds. The molecule has 4 nitrogen and oxygen atoms in total. The Hall–Kier alpha value is -1.85. The van der Waals surface area contributed by atoms with E-state index in [9.17, 15) is 4.79 Å². The lowest BCUT2D eigenvalue weighted by molar-refractivity contribution is -0.130. The van der Waals surface area contributed by atoms with Gasteiger partial charge < -0.3 is 9.64 Å². The van der Waals surface area contributed by atoms with Gasteiger partial charge in [0.1, 0.15) is 12.4 Å². The van der Waals surface area contributed by atoms with Gasteiger partial charge in [0.05, 0.1) is 6.54 Å². The van der Waals surface area contributed by atoms with Gasteiger partial charge in [-0.3, -0.25) is 9.69 Å². The zero-order chi connectivity index (χ0) is 15.9. The Morgan fingerprint density at radius 3 is 2.70 bits per heavy atom. The van der Waals surface area contributed by atoms with Crippen LogP contribution in [0.3, 0.4) is 0 Å². The van der Waals surface area contributed by atoms with Gasteiger partial charge >= 0.3 is 0 Å².